The maximum atomic E-state index is 13.0. The van der Waals surface area contributed by atoms with E-state index >= 15 is 0 Å². The Balaban J connectivity index is 1.51. The standard InChI is InChI=1S/C21H21FN2O4S/c1-12(14-7-9-15(22)10-8-14)23-20(26)13(2)28-19(25)11-18-21(27)24-16-5-3-4-6-17(16)29-18/h3-10,12-13,18H,11H2,1-2H3,(H,23,26)(H,24,27)/t12-,13-,18-/m1/s1. The molecule has 0 saturated heterocycles. The van der Waals surface area contributed by atoms with Crippen molar-refractivity contribution in [2.45, 2.75) is 42.6 Å². The largest absolute Gasteiger partial charge is 0.453 e. The second-order valence-electron chi connectivity index (χ2n) is 6.71. The van der Waals surface area contributed by atoms with Crippen molar-refractivity contribution >= 4 is 35.2 Å². The van der Waals surface area contributed by atoms with Crippen LogP contribution in [0, 0.1) is 5.82 Å². The fraction of sp³-hybridized carbons (Fsp3) is 0.286. The SMILES string of the molecule is C[C@@H](OC(=O)C[C@H]1Sc2ccccc2NC1=O)C(=O)N[C@H](C)c1ccc(F)cc1. The van der Waals surface area contributed by atoms with Crippen LogP contribution in [0.4, 0.5) is 10.1 Å². The molecule has 1 aliphatic heterocycles. The number of thioether (sulfide) groups is 1. The number of fused-ring (bicyclic) bond motifs is 1. The molecule has 29 heavy (non-hydrogen) atoms. The van der Waals surface area contributed by atoms with Gasteiger partial charge < -0.3 is 15.4 Å². The van der Waals surface area contributed by atoms with Gasteiger partial charge in [-0.05, 0) is 43.7 Å². The Morgan fingerprint density at radius 3 is 2.59 bits per heavy atom. The lowest BCUT2D eigenvalue weighted by Crippen LogP contribution is -2.38. The first-order chi connectivity index (χ1) is 13.8. The molecular formula is C21H21FN2O4S. The van der Waals surface area contributed by atoms with E-state index in [4.69, 9.17) is 4.74 Å². The van der Waals surface area contributed by atoms with Gasteiger partial charge in [0.2, 0.25) is 5.91 Å². The molecule has 0 aliphatic carbocycles. The number of esters is 1. The van der Waals surface area contributed by atoms with Gasteiger partial charge >= 0.3 is 5.97 Å². The number of benzene rings is 2. The molecule has 3 atom stereocenters. The Morgan fingerprint density at radius 2 is 1.86 bits per heavy atom. The average Bonchev–Trinajstić information content (AvgIpc) is 2.68. The summed E-state index contributed by atoms with van der Waals surface area (Å²) in [6.07, 6.45) is -1.16. The van der Waals surface area contributed by atoms with Crippen LogP contribution < -0.4 is 10.6 Å². The molecule has 1 heterocycles. The van der Waals surface area contributed by atoms with Crippen molar-refractivity contribution in [3.05, 3.63) is 59.9 Å². The van der Waals surface area contributed by atoms with E-state index in [0.717, 1.165) is 16.1 Å². The Labute approximate surface area is 172 Å². The summed E-state index contributed by atoms with van der Waals surface area (Å²) in [5, 5.41) is 4.87. The normalized spacial score (nSPS) is 17.5. The Morgan fingerprint density at radius 1 is 1.17 bits per heavy atom. The zero-order valence-electron chi connectivity index (χ0n) is 16.0. The molecule has 3 rings (SSSR count). The molecule has 2 aromatic carbocycles. The van der Waals surface area contributed by atoms with Gasteiger partial charge in [0.1, 0.15) is 5.82 Å². The van der Waals surface area contributed by atoms with Crippen LogP contribution in [0.3, 0.4) is 0 Å². The summed E-state index contributed by atoms with van der Waals surface area (Å²) in [5.74, 6) is -1.73. The maximum absolute atomic E-state index is 13.0. The molecule has 2 N–H and O–H groups in total. The Kier molecular flexibility index (Phi) is 6.53. The predicted molar refractivity (Wildman–Crippen MR) is 108 cm³/mol. The van der Waals surface area contributed by atoms with Crippen molar-refractivity contribution in [2.24, 2.45) is 0 Å². The Bertz CT molecular complexity index is 919. The number of hydrogen-bond acceptors (Lipinski definition) is 5. The molecule has 8 heteroatoms. The van der Waals surface area contributed by atoms with Crippen LogP contribution in [0.15, 0.2) is 53.4 Å². The van der Waals surface area contributed by atoms with Gasteiger partial charge in [0.05, 0.1) is 23.4 Å². The first-order valence-corrected chi connectivity index (χ1v) is 10.0. The smallest absolute Gasteiger partial charge is 0.308 e. The second-order valence-corrected chi connectivity index (χ2v) is 7.95. The molecule has 6 nitrogen and oxygen atoms in total. The number of para-hydroxylation sites is 1. The minimum absolute atomic E-state index is 0.143. The van der Waals surface area contributed by atoms with Crippen LogP contribution in [0.25, 0.3) is 0 Å². The lowest BCUT2D eigenvalue weighted by molar-refractivity contribution is -0.155. The molecule has 2 aromatic rings. The van der Waals surface area contributed by atoms with Gasteiger partial charge in [0.15, 0.2) is 6.10 Å². The molecule has 0 aromatic heterocycles. The first kappa shape index (κ1) is 20.9. The number of halogens is 1. The third-order valence-electron chi connectivity index (χ3n) is 4.46. The number of ether oxygens (including phenoxy) is 1. The topological polar surface area (TPSA) is 84.5 Å². The van der Waals surface area contributed by atoms with Gasteiger partial charge in [0.25, 0.3) is 5.91 Å². The highest BCUT2D eigenvalue weighted by molar-refractivity contribution is 8.01. The van der Waals surface area contributed by atoms with Gasteiger partial charge in [-0.2, -0.15) is 0 Å². The number of carbonyl (C=O) groups excluding carboxylic acids is 3. The minimum Gasteiger partial charge on any atom is -0.453 e. The summed E-state index contributed by atoms with van der Waals surface area (Å²) >= 11 is 1.29. The second kappa shape index (κ2) is 9.09. The summed E-state index contributed by atoms with van der Waals surface area (Å²) in [5.41, 5.74) is 1.45. The summed E-state index contributed by atoms with van der Waals surface area (Å²) < 4.78 is 18.2. The highest BCUT2D eigenvalue weighted by Gasteiger charge is 2.30. The number of amides is 2. The van der Waals surface area contributed by atoms with Crippen molar-refractivity contribution in [1.82, 2.24) is 5.32 Å². The van der Waals surface area contributed by atoms with Gasteiger partial charge in [-0.3, -0.25) is 14.4 Å². The highest BCUT2D eigenvalue weighted by atomic mass is 32.2. The van der Waals surface area contributed by atoms with Crippen LogP contribution >= 0.6 is 11.8 Å². The number of nitrogens with one attached hydrogen (secondary N) is 2. The zero-order valence-corrected chi connectivity index (χ0v) is 16.8. The van der Waals surface area contributed by atoms with E-state index in [2.05, 4.69) is 10.6 Å². The number of rotatable bonds is 6. The van der Waals surface area contributed by atoms with Crippen LogP contribution in [0.5, 0.6) is 0 Å². The van der Waals surface area contributed by atoms with E-state index in [0.29, 0.717) is 0 Å². The molecule has 0 fully saturated rings. The van der Waals surface area contributed by atoms with E-state index in [1.165, 1.54) is 30.8 Å². The van der Waals surface area contributed by atoms with E-state index in [1.54, 1.807) is 25.1 Å². The maximum Gasteiger partial charge on any atom is 0.308 e. The van der Waals surface area contributed by atoms with Crippen LogP contribution in [-0.2, 0) is 19.1 Å². The number of anilines is 1. The predicted octanol–water partition coefficient (Wildman–Crippen LogP) is 3.44. The quantitative estimate of drug-likeness (QED) is 0.705. The van der Waals surface area contributed by atoms with Crippen LogP contribution in [0.2, 0.25) is 0 Å². The van der Waals surface area contributed by atoms with E-state index in [-0.39, 0.29) is 24.2 Å². The van der Waals surface area contributed by atoms with Crippen molar-refractivity contribution in [1.29, 1.82) is 0 Å². The fourth-order valence-corrected chi connectivity index (χ4v) is 3.94. The summed E-state index contributed by atoms with van der Waals surface area (Å²) in [4.78, 5) is 37.6. The number of carbonyl (C=O) groups is 3. The molecule has 0 spiro atoms. The average molecular weight is 416 g/mol. The van der Waals surface area contributed by atoms with Crippen molar-refractivity contribution in [2.75, 3.05) is 5.32 Å². The number of hydrogen-bond donors (Lipinski definition) is 2. The molecule has 0 bridgehead atoms. The van der Waals surface area contributed by atoms with Crippen molar-refractivity contribution in [3.8, 4) is 0 Å². The third-order valence-corrected chi connectivity index (χ3v) is 5.74. The van der Waals surface area contributed by atoms with Crippen LogP contribution in [-0.4, -0.2) is 29.1 Å². The molecule has 0 saturated carbocycles. The molecule has 152 valence electrons. The lowest BCUT2D eigenvalue weighted by Gasteiger charge is -2.24. The minimum atomic E-state index is -1.02. The lowest BCUT2D eigenvalue weighted by atomic mass is 10.1. The van der Waals surface area contributed by atoms with Crippen LogP contribution in [0.1, 0.15) is 31.9 Å². The van der Waals surface area contributed by atoms with Gasteiger partial charge in [-0.25, -0.2) is 4.39 Å². The van der Waals surface area contributed by atoms with Gasteiger partial charge in [-0.15, -0.1) is 11.8 Å². The molecule has 2 amide bonds. The molecule has 1 aliphatic rings. The van der Waals surface area contributed by atoms with Gasteiger partial charge in [0, 0.05) is 4.90 Å². The summed E-state index contributed by atoms with van der Waals surface area (Å²) in [6.45, 7) is 3.22. The first-order valence-electron chi connectivity index (χ1n) is 9.15. The fourth-order valence-electron chi connectivity index (χ4n) is 2.84. The monoisotopic (exact) mass is 416 g/mol. The molecular weight excluding hydrogens is 395 g/mol. The van der Waals surface area contributed by atoms with E-state index < -0.39 is 23.2 Å². The zero-order chi connectivity index (χ0) is 21.0. The summed E-state index contributed by atoms with van der Waals surface area (Å²) in [6, 6.07) is 12.7. The van der Waals surface area contributed by atoms with Crippen molar-refractivity contribution < 1.29 is 23.5 Å². The van der Waals surface area contributed by atoms with Gasteiger partial charge in [-0.1, -0.05) is 24.3 Å². The van der Waals surface area contributed by atoms with E-state index in [9.17, 15) is 18.8 Å². The molecule has 0 unspecified atom stereocenters. The molecule has 0 radical (unpaired) electrons. The Hall–Kier alpha value is -2.87. The van der Waals surface area contributed by atoms with Crippen molar-refractivity contribution in [3.63, 3.8) is 0 Å². The third kappa shape index (κ3) is 5.35. The summed E-state index contributed by atoms with van der Waals surface area (Å²) in [7, 11) is 0. The highest BCUT2D eigenvalue weighted by Crippen LogP contribution is 2.36. The van der Waals surface area contributed by atoms with E-state index in [1.807, 2.05) is 18.2 Å².